The van der Waals surface area contributed by atoms with Gasteiger partial charge in [-0.2, -0.15) is 0 Å². The number of nitrogens with two attached hydrogens (primary N) is 1. The summed E-state index contributed by atoms with van der Waals surface area (Å²) in [5.74, 6) is 0.709. The van der Waals surface area contributed by atoms with Crippen molar-refractivity contribution in [2.24, 2.45) is 5.92 Å². The van der Waals surface area contributed by atoms with Crippen LogP contribution >= 0.6 is 0 Å². The molecule has 3 rings (SSSR count). The lowest BCUT2D eigenvalue weighted by molar-refractivity contribution is 0.0790. The van der Waals surface area contributed by atoms with Crippen molar-refractivity contribution in [3.8, 4) is 0 Å². The van der Waals surface area contributed by atoms with Crippen LogP contribution in [0.2, 0.25) is 0 Å². The van der Waals surface area contributed by atoms with E-state index in [0.717, 1.165) is 36.0 Å². The average molecular weight is 243 g/mol. The lowest BCUT2D eigenvalue weighted by atomic mass is 10.1. The Morgan fingerprint density at radius 1 is 1.50 bits per heavy atom. The normalized spacial score (nSPS) is 19.6. The number of nitrogens with one attached hydrogen (secondary N) is 1. The zero-order valence-electron chi connectivity index (χ0n) is 10.4. The first-order chi connectivity index (χ1) is 8.65. The fraction of sp³-hybridized carbons (Fsp3) is 0.357. The summed E-state index contributed by atoms with van der Waals surface area (Å²) in [7, 11) is 0. The number of rotatable bonds is 1. The maximum atomic E-state index is 12.4. The molecule has 2 aromatic rings. The van der Waals surface area contributed by atoms with E-state index in [1.54, 1.807) is 6.20 Å². The molecule has 0 aliphatic carbocycles. The molecule has 1 aliphatic rings. The monoisotopic (exact) mass is 243 g/mol. The number of nitrogen functional groups attached to an aromatic ring is 1. The first kappa shape index (κ1) is 11.1. The molecule has 0 spiro atoms. The minimum absolute atomic E-state index is 0.108. The summed E-state index contributed by atoms with van der Waals surface area (Å²) < 4.78 is 0. The molecule has 3 N–H and O–H groups in total. The first-order valence-electron chi connectivity index (χ1n) is 6.31. The number of hydrogen-bond donors (Lipinski definition) is 2. The fourth-order valence-electron chi connectivity index (χ4n) is 2.61. The van der Waals surface area contributed by atoms with Crippen molar-refractivity contribution in [2.45, 2.75) is 13.3 Å². The second kappa shape index (κ2) is 4.05. The number of carbonyl (C=O) groups excluding carboxylic acids is 1. The summed E-state index contributed by atoms with van der Waals surface area (Å²) in [5, 5.41) is 0.916. The molecule has 1 aromatic heterocycles. The number of aromatic amines is 1. The lowest BCUT2D eigenvalue weighted by Crippen LogP contribution is -2.28. The van der Waals surface area contributed by atoms with E-state index < -0.39 is 0 Å². The second-order valence-corrected chi connectivity index (χ2v) is 5.15. The Morgan fingerprint density at radius 3 is 3.06 bits per heavy atom. The third-order valence-electron chi connectivity index (χ3n) is 3.65. The SMILES string of the molecule is CC1CCN(C(=O)c2c[nH]c3ccc(N)cc23)C1. The number of H-pyrrole nitrogens is 1. The van der Waals surface area contributed by atoms with Crippen LogP contribution in [-0.4, -0.2) is 28.9 Å². The Morgan fingerprint density at radius 2 is 2.33 bits per heavy atom. The van der Waals surface area contributed by atoms with E-state index in [1.807, 2.05) is 23.1 Å². The van der Waals surface area contributed by atoms with Gasteiger partial charge in [0, 0.05) is 35.9 Å². The van der Waals surface area contributed by atoms with Gasteiger partial charge in [0.25, 0.3) is 5.91 Å². The summed E-state index contributed by atoms with van der Waals surface area (Å²) >= 11 is 0. The first-order valence-corrected chi connectivity index (χ1v) is 6.31. The minimum atomic E-state index is 0.108. The molecule has 1 amide bonds. The smallest absolute Gasteiger partial charge is 0.256 e. The molecule has 4 nitrogen and oxygen atoms in total. The topological polar surface area (TPSA) is 62.1 Å². The molecule has 2 heterocycles. The van der Waals surface area contributed by atoms with Crippen LogP contribution in [0.25, 0.3) is 10.9 Å². The Bertz CT molecular complexity index is 602. The second-order valence-electron chi connectivity index (χ2n) is 5.15. The molecule has 1 aliphatic heterocycles. The summed E-state index contributed by atoms with van der Waals surface area (Å²) in [5.41, 5.74) is 8.16. The largest absolute Gasteiger partial charge is 0.399 e. The van der Waals surface area contributed by atoms with E-state index in [0.29, 0.717) is 11.6 Å². The Hall–Kier alpha value is -1.97. The van der Waals surface area contributed by atoms with Crippen LogP contribution < -0.4 is 5.73 Å². The molecular formula is C14H17N3O. The number of hydrogen-bond acceptors (Lipinski definition) is 2. The molecule has 1 atom stereocenters. The van der Waals surface area contributed by atoms with Crippen LogP contribution in [0.15, 0.2) is 24.4 Å². The van der Waals surface area contributed by atoms with Gasteiger partial charge < -0.3 is 15.6 Å². The number of carbonyl (C=O) groups is 1. The standard InChI is InChI=1S/C14H17N3O/c1-9-4-5-17(8-9)14(18)12-7-16-13-3-2-10(15)6-11(12)13/h2-3,6-7,9,16H,4-5,8,15H2,1H3. The number of anilines is 1. The van der Waals surface area contributed by atoms with Gasteiger partial charge >= 0.3 is 0 Å². The van der Waals surface area contributed by atoms with Gasteiger partial charge in [0.15, 0.2) is 0 Å². The molecule has 1 saturated heterocycles. The number of nitrogens with zero attached hydrogens (tertiary/aromatic N) is 1. The van der Waals surface area contributed by atoms with E-state index in [-0.39, 0.29) is 5.91 Å². The summed E-state index contributed by atoms with van der Waals surface area (Å²) in [4.78, 5) is 17.5. The van der Waals surface area contributed by atoms with Crippen LogP contribution in [0.3, 0.4) is 0 Å². The molecule has 18 heavy (non-hydrogen) atoms. The quantitative estimate of drug-likeness (QED) is 0.754. The van der Waals surface area contributed by atoms with Crippen molar-refractivity contribution in [2.75, 3.05) is 18.8 Å². The van der Waals surface area contributed by atoms with Gasteiger partial charge in [-0.05, 0) is 30.5 Å². The Kier molecular flexibility index (Phi) is 2.51. The van der Waals surface area contributed by atoms with Gasteiger partial charge in [0.05, 0.1) is 5.56 Å². The average Bonchev–Trinajstić information content (AvgIpc) is 2.94. The molecule has 4 heteroatoms. The number of fused-ring (bicyclic) bond motifs is 1. The van der Waals surface area contributed by atoms with Gasteiger partial charge in [-0.25, -0.2) is 0 Å². The van der Waals surface area contributed by atoms with Crippen LogP contribution in [0, 0.1) is 5.92 Å². The zero-order valence-corrected chi connectivity index (χ0v) is 10.4. The molecule has 1 aromatic carbocycles. The number of aromatic nitrogens is 1. The van der Waals surface area contributed by atoms with Gasteiger partial charge in [-0.15, -0.1) is 0 Å². The molecular weight excluding hydrogens is 226 g/mol. The van der Waals surface area contributed by atoms with E-state index in [4.69, 9.17) is 5.73 Å². The van der Waals surface area contributed by atoms with Crippen molar-refractivity contribution >= 4 is 22.5 Å². The van der Waals surface area contributed by atoms with Gasteiger partial charge in [-0.3, -0.25) is 4.79 Å². The Labute approximate surface area is 106 Å². The number of amides is 1. The van der Waals surface area contributed by atoms with Crippen molar-refractivity contribution in [1.82, 2.24) is 9.88 Å². The molecule has 1 fully saturated rings. The molecule has 94 valence electrons. The molecule has 0 bridgehead atoms. The summed E-state index contributed by atoms with van der Waals surface area (Å²) in [6.45, 7) is 3.89. The van der Waals surface area contributed by atoms with E-state index in [9.17, 15) is 4.79 Å². The Balaban J connectivity index is 1.99. The third-order valence-corrected chi connectivity index (χ3v) is 3.65. The molecule has 1 unspecified atom stereocenters. The highest BCUT2D eigenvalue weighted by Gasteiger charge is 2.25. The van der Waals surface area contributed by atoms with Crippen LogP contribution in [0.5, 0.6) is 0 Å². The highest BCUT2D eigenvalue weighted by Crippen LogP contribution is 2.24. The number of benzene rings is 1. The predicted molar refractivity (Wildman–Crippen MR) is 72.4 cm³/mol. The van der Waals surface area contributed by atoms with Gasteiger partial charge in [0.2, 0.25) is 0 Å². The fourth-order valence-corrected chi connectivity index (χ4v) is 2.61. The van der Waals surface area contributed by atoms with E-state index >= 15 is 0 Å². The minimum Gasteiger partial charge on any atom is -0.399 e. The summed E-state index contributed by atoms with van der Waals surface area (Å²) in [6, 6.07) is 5.61. The highest BCUT2D eigenvalue weighted by atomic mass is 16.2. The van der Waals surface area contributed by atoms with Crippen LogP contribution in [0.4, 0.5) is 5.69 Å². The molecule has 0 saturated carbocycles. The van der Waals surface area contributed by atoms with Crippen molar-refractivity contribution in [3.63, 3.8) is 0 Å². The van der Waals surface area contributed by atoms with E-state index in [1.165, 1.54) is 0 Å². The van der Waals surface area contributed by atoms with Gasteiger partial charge in [-0.1, -0.05) is 6.92 Å². The van der Waals surface area contributed by atoms with Crippen molar-refractivity contribution in [1.29, 1.82) is 0 Å². The number of likely N-dealkylation sites (tertiary alicyclic amines) is 1. The lowest BCUT2D eigenvalue weighted by Gasteiger charge is -2.15. The highest BCUT2D eigenvalue weighted by molar-refractivity contribution is 6.07. The maximum absolute atomic E-state index is 12.4. The predicted octanol–water partition coefficient (Wildman–Crippen LogP) is 2.23. The third kappa shape index (κ3) is 1.74. The van der Waals surface area contributed by atoms with Crippen LogP contribution in [-0.2, 0) is 0 Å². The van der Waals surface area contributed by atoms with Gasteiger partial charge in [0.1, 0.15) is 0 Å². The summed E-state index contributed by atoms with van der Waals surface area (Å²) in [6.07, 6.45) is 2.88. The van der Waals surface area contributed by atoms with E-state index in [2.05, 4.69) is 11.9 Å². The van der Waals surface area contributed by atoms with Crippen molar-refractivity contribution in [3.05, 3.63) is 30.0 Å². The van der Waals surface area contributed by atoms with Crippen LogP contribution in [0.1, 0.15) is 23.7 Å². The maximum Gasteiger partial charge on any atom is 0.256 e. The van der Waals surface area contributed by atoms with Crippen molar-refractivity contribution < 1.29 is 4.79 Å². The molecule has 0 radical (unpaired) electrons. The zero-order chi connectivity index (χ0) is 12.7.